The fourth-order valence-electron chi connectivity index (χ4n) is 1.84. The monoisotopic (exact) mass is 342 g/mol. The second-order valence-corrected chi connectivity index (χ2v) is 6.24. The molecule has 0 unspecified atom stereocenters. The zero-order valence-corrected chi connectivity index (χ0v) is 13.3. The molecular weight excluding hydrogens is 327 g/mol. The van der Waals surface area contributed by atoms with Crippen LogP contribution in [0.1, 0.15) is 31.7 Å². The lowest BCUT2D eigenvalue weighted by Gasteiger charge is -2.23. The molecule has 0 atom stereocenters. The van der Waals surface area contributed by atoms with Crippen LogP contribution in [0.2, 0.25) is 0 Å². The summed E-state index contributed by atoms with van der Waals surface area (Å²) in [6, 6.07) is 4.91. The largest absolute Gasteiger partial charge is 0.319 e. The Morgan fingerprint density at radius 3 is 2.63 bits per heavy atom. The average molecular weight is 343 g/mol. The van der Waals surface area contributed by atoms with Crippen LogP contribution in [0.25, 0.3) is 11.3 Å². The van der Waals surface area contributed by atoms with E-state index in [1.165, 1.54) is 6.07 Å². The lowest BCUT2D eigenvalue weighted by Crippen LogP contribution is -2.34. The minimum Gasteiger partial charge on any atom is -0.319 e. The fourth-order valence-corrected chi connectivity index (χ4v) is 3.31. The van der Waals surface area contributed by atoms with Gasteiger partial charge in [-0.15, -0.1) is 11.3 Å². The van der Waals surface area contributed by atoms with Crippen molar-refractivity contribution in [1.82, 2.24) is 4.98 Å². The van der Waals surface area contributed by atoms with E-state index in [-0.39, 0.29) is 11.4 Å². The van der Waals surface area contributed by atoms with Crippen LogP contribution < -0.4 is 5.73 Å². The summed E-state index contributed by atoms with van der Waals surface area (Å²) in [5.41, 5.74) is 7.72. The Hall–Kier alpha value is -0.780. The van der Waals surface area contributed by atoms with E-state index in [0.717, 1.165) is 29.1 Å². The molecule has 2 rings (SSSR count). The Morgan fingerprint density at radius 1 is 1.37 bits per heavy atom. The normalized spacial score (nSPS) is 11.8. The lowest BCUT2D eigenvalue weighted by molar-refractivity contribution is 0.411. The van der Waals surface area contributed by atoms with Crippen molar-refractivity contribution in [3.05, 3.63) is 38.9 Å². The maximum absolute atomic E-state index is 13.2. The quantitative estimate of drug-likeness (QED) is 0.875. The Morgan fingerprint density at radius 2 is 2.05 bits per heavy atom. The van der Waals surface area contributed by atoms with Gasteiger partial charge in [-0.25, -0.2) is 9.37 Å². The molecule has 0 radical (unpaired) electrons. The van der Waals surface area contributed by atoms with Crippen LogP contribution in [0.15, 0.2) is 28.1 Å². The Bertz CT molecular complexity index is 579. The van der Waals surface area contributed by atoms with Gasteiger partial charge in [0.1, 0.15) is 10.8 Å². The first-order chi connectivity index (χ1) is 9.00. The van der Waals surface area contributed by atoms with E-state index < -0.39 is 0 Å². The van der Waals surface area contributed by atoms with E-state index in [0.29, 0.717) is 4.47 Å². The van der Waals surface area contributed by atoms with Crippen molar-refractivity contribution in [2.45, 2.75) is 32.2 Å². The van der Waals surface area contributed by atoms with Crippen LogP contribution in [0, 0.1) is 5.82 Å². The molecule has 1 heterocycles. The number of halogens is 2. The van der Waals surface area contributed by atoms with E-state index in [1.54, 1.807) is 23.5 Å². The first kappa shape index (κ1) is 14.6. The van der Waals surface area contributed by atoms with Gasteiger partial charge in [0.2, 0.25) is 0 Å². The van der Waals surface area contributed by atoms with Gasteiger partial charge in [0, 0.05) is 10.9 Å². The summed E-state index contributed by atoms with van der Waals surface area (Å²) >= 11 is 4.76. The van der Waals surface area contributed by atoms with Crippen LogP contribution in [-0.4, -0.2) is 4.98 Å². The van der Waals surface area contributed by atoms with Gasteiger partial charge in [-0.3, -0.25) is 0 Å². The highest BCUT2D eigenvalue weighted by atomic mass is 79.9. The summed E-state index contributed by atoms with van der Waals surface area (Å²) in [5, 5.41) is 2.91. The van der Waals surface area contributed by atoms with E-state index in [1.807, 2.05) is 5.38 Å². The molecule has 0 saturated carbocycles. The summed E-state index contributed by atoms with van der Waals surface area (Å²) < 4.78 is 13.7. The molecule has 102 valence electrons. The summed E-state index contributed by atoms with van der Waals surface area (Å²) in [6.45, 7) is 4.14. The Labute approximate surface area is 125 Å². The molecule has 19 heavy (non-hydrogen) atoms. The topological polar surface area (TPSA) is 38.9 Å². The van der Waals surface area contributed by atoms with Gasteiger partial charge < -0.3 is 5.73 Å². The van der Waals surface area contributed by atoms with Crippen LogP contribution >= 0.6 is 27.3 Å². The molecule has 2 N–H and O–H groups in total. The van der Waals surface area contributed by atoms with Crippen molar-refractivity contribution in [3.63, 3.8) is 0 Å². The molecular formula is C14H16BrFN2S. The summed E-state index contributed by atoms with van der Waals surface area (Å²) in [7, 11) is 0. The number of nitrogens with zero attached hydrogens (tertiary/aromatic N) is 1. The van der Waals surface area contributed by atoms with Gasteiger partial charge in [-0.1, -0.05) is 13.8 Å². The maximum Gasteiger partial charge on any atom is 0.137 e. The molecule has 2 aromatic rings. The smallest absolute Gasteiger partial charge is 0.137 e. The van der Waals surface area contributed by atoms with Crippen molar-refractivity contribution < 1.29 is 4.39 Å². The van der Waals surface area contributed by atoms with Crippen molar-refractivity contribution >= 4 is 27.3 Å². The van der Waals surface area contributed by atoms with Crippen molar-refractivity contribution in [1.29, 1.82) is 0 Å². The first-order valence-electron chi connectivity index (χ1n) is 6.20. The van der Waals surface area contributed by atoms with Crippen LogP contribution in [0.5, 0.6) is 0 Å². The summed E-state index contributed by atoms with van der Waals surface area (Å²) in [4.78, 5) is 4.62. The number of aromatic nitrogens is 1. The number of nitrogens with two attached hydrogens (primary N) is 1. The zero-order chi connectivity index (χ0) is 14.0. The van der Waals surface area contributed by atoms with Crippen molar-refractivity contribution in [3.8, 4) is 11.3 Å². The average Bonchev–Trinajstić information content (AvgIpc) is 2.91. The fraction of sp³-hybridized carbons (Fsp3) is 0.357. The minimum atomic E-state index is -0.361. The van der Waals surface area contributed by atoms with E-state index in [4.69, 9.17) is 5.73 Å². The second-order valence-electron chi connectivity index (χ2n) is 4.53. The molecule has 0 bridgehead atoms. The third-order valence-corrected chi connectivity index (χ3v) is 5.08. The van der Waals surface area contributed by atoms with E-state index in [2.05, 4.69) is 34.8 Å². The lowest BCUT2D eigenvalue weighted by atomic mass is 9.95. The predicted molar refractivity (Wildman–Crippen MR) is 81.7 cm³/mol. The van der Waals surface area contributed by atoms with Crippen LogP contribution in [-0.2, 0) is 5.54 Å². The third-order valence-electron chi connectivity index (χ3n) is 3.41. The predicted octanol–water partition coefficient (Wildman–Crippen LogP) is 4.69. The first-order valence-corrected chi connectivity index (χ1v) is 7.87. The molecule has 1 aromatic carbocycles. The van der Waals surface area contributed by atoms with Gasteiger partial charge in [-0.2, -0.15) is 0 Å². The second kappa shape index (κ2) is 5.69. The minimum absolute atomic E-state index is 0.269. The molecule has 2 nitrogen and oxygen atoms in total. The van der Waals surface area contributed by atoms with Crippen LogP contribution in [0.3, 0.4) is 0 Å². The molecule has 0 spiro atoms. The highest BCUT2D eigenvalue weighted by Gasteiger charge is 2.26. The molecule has 5 heteroatoms. The molecule has 0 amide bonds. The van der Waals surface area contributed by atoms with Gasteiger partial charge >= 0.3 is 0 Å². The van der Waals surface area contributed by atoms with Gasteiger partial charge in [0.05, 0.1) is 15.7 Å². The summed E-state index contributed by atoms with van der Waals surface area (Å²) in [6.07, 6.45) is 1.70. The highest BCUT2D eigenvalue weighted by molar-refractivity contribution is 9.10. The standard InChI is InChI=1S/C14H16BrFN2S/c1-3-14(17,4-2)13-18-12(8-19-13)9-5-6-11(16)10(15)7-9/h5-8H,3-4,17H2,1-2H3. The molecule has 0 aliphatic heterocycles. The van der Waals surface area contributed by atoms with Crippen LogP contribution in [0.4, 0.5) is 4.39 Å². The van der Waals surface area contributed by atoms with E-state index >= 15 is 0 Å². The van der Waals surface area contributed by atoms with E-state index in [9.17, 15) is 4.39 Å². The number of benzene rings is 1. The SMILES string of the molecule is CCC(N)(CC)c1nc(-c2ccc(F)c(Br)c2)cs1. The van der Waals surface area contributed by atoms with Crippen molar-refractivity contribution in [2.24, 2.45) is 5.73 Å². The van der Waals surface area contributed by atoms with Crippen molar-refractivity contribution in [2.75, 3.05) is 0 Å². The van der Waals surface area contributed by atoms with Gasteiger partial charge in [-0.05, 0) is 47.0 Å². The Kier molecular flexibility index (Phi) is 4.38. The number of hydrogen-bond donors (Lipinski definition) is 1. The molecule has 0 saturated heterocycles. The number of rotatable bonds is 4. The van der Waals surface area contributed by atoms with Gasteiger partial charge in [0.25, 0.3) is 0 Å². The highest BCUT2D eigenvalue weighted by Crippen LogP contribution is 2.32. The molecule has 0 fully saturated rings. The molecule has 0 aliphatic carbocycles. The maximum atomic E-state index is 13.2. The Balaban J connectivity index is 2.38. The number of thiazole rings is 1. The zero-order valence-electron chi connectivity index (χ0n) is 10.9. The molecule has 0 aliphatic rings. The molecule has 1 aromatic heterocycles. The summed E-state index contributed by atoms with van der Waals surface area (Å²) in [5.74, 6) is -0.269. The number of hydrogen-bond acceptors (Lipinski definition) is 3. The van der Waals surface area contributed by atoms with Gasteiger partial charge in [0.15, 0.2) is 0 Å². The third kappa shape index (κ3) is 2.88.